The highest BCUT2D eigenvalue weighted by Crippen LogP contribution is 2.38. The zero-order chi connectivity index (χ0) is 16.5. The van der Waals surface area contributed by atoms with Crippen LogP contribution in [0.3, 0.4) is 0 Å². The van der Waals surface area contributed by atoms with Gasteiger partial charge in [0.15, 0.2) is 4.96 Å². The number of carbonyl (C=O) groups is 1. The number of fused-ring (bicyclic) bond motifs is 3. The molecule has 1 amide bonds. The van der Waals surface area contributed by atoms with Crippen molar-refractivity contribution in [1.82, 2.24) is 14.7 Å². The Balaban J connectivity index is 1.86. The van der Waals surface area contributed by atoms with E-state index in [9.17, 15) is 4.79 Å². The third-order valence-corrected chi connectivity index (χ3v) is 5.06. The van der Waals surface area contributed by atoms with Crippen LogP contribution in [0.2, 0.25) is 0 Å². The van der Waals surface area contributed by atoms with Crippen LogP contribution in [0.4, 0.5) is 0 Å². The van der Waals surface area contributed by atoms with Crippen LogP contribution in [0.25, 0.3) is 4.96 Å². The van der Waals surface area contributed by atoms with Gasteiger partial charge in [-0.05, 0) is 12.5 Å². The number of rotatable bonds is 4. The second kappa shape index (κ2) is 6.28. The van der Waals surface area contributed by atoms with Gasteiger partial charge >= 0.3 is 0 Å². The van der Waals surface area contributed by atoms with Crippen molar-refractivity contribution in [2.45, 2.75) is 32.2 Å². The normalized spacial score (nSPS) is 17.4. The SMILES string of the molecule is CCCOc1ccccc1[C@@H]1CC(=O)NCc2nc3sccn3c21. The Hall–Kier alpha value is -2.34. The summed E-state index contributed by atoms with van der Waals surface area (Å²) in [5.74, 6) is 0.850. The van der Waals surface area contributed by atoms with Crippen LogP contribution in [-0.2, 0) is 11.3 Å². The maximum absolute atomic E-state index is 12.2. The van der Waals surface area contributed by atoms with E-state index in [2.05, 4.69) is 22.7 Å². The van der Waals surface area contributed by atoms with E-state index in [1.165, 1.54) is 0 Å². The molecule has 0 aliphatic carbocycles. The van der Waals surface area contributed by atoms with Crippen molar-refractivity contribution < 1.29 is 9.53 Å². The number of hydrogen-bond donors (Lipinski definition) is 1. The van der Waals surface area contributed by atoms with E-state index in [1.54, 1.807) is 11.3 Å². The molecule has 0 unspecified atom stereocenters. The van der Waals surface area contributed by atoms with E-state index in [1.807, 2.05) is 29.8 Å². The number of hydrogen-bond acceptors (Lipinski definition) is 4. The molecule has 0 fully saturated rings. The van der Waals surface area contributed by atoms with Crippen molar-refractivity contribution in [3.05, 3.63) is 52.8 Å². The van der Waals surface area contributed by atoms with Crippen molar-refractivity contribution in [1.29, 1.82) is 0 Å². The highest BCUT2D eigenvalue weighted by molar-refractivity contribution is 7.15. The Morgan fingerprint density at radius 3 is 3.17 bits per heavy atom. The first kappa shape index (κ1) is 15.2. The zero-order valence-corrected chi connectivity index (χ0v) is 14.3. The lowest BCUT2D eigenvalue weighted by atomic mass is 9.91. The molecule has 5 nitrogen and oxygen atoms in total. The molecule has 1 N–H and O–H groups in total. The fourth-order valence-electron chi connectivity index (χ4n) is 3.25. The Labute approximate surface area is 144 Å². The summed E-state index contributed by atoms with van der Waals surface area (Å²) >= 11 is 1.61. The smallest absolute Gasteiger partial charge is 0.221 e. The molecule has 0 bridgehead atoms. The number of thiazole rings is 1. The lowest BCUT2D eigenvalue weighted by Crippen LogP contribution is -2.21. The van der Waals surface area contributed by atoms with Gasteiger partial charge in [-0.3, -0.25) is 9.20 Å². The molecule has 3 aromatic rings. The fourth-order valence-corrected chi connectivity index (χ4v) is 3.99. The van der Waals surface area contributed by atoms with Crippen molar-refractivity contribution >= 4 is 22.2 Å². The minimum atomic E-state index is -0.0554. The third-order valence-electron chi connectivity index (χ3n) is 4.30. The summed E-state index contributed by atoms with van der Waals surface area (Å²) in [7, 11) is 0. The maximum Gasteiger partial charge on any atom is 0.221 e. The Morgan fingerprint density at radius 2 is 2.29 bits per heavy atom. The average molecular weight is 341 g/mol. The summed E-state index contributed by atoms with van der Waals surface area (Å²) in [5.41, 5.74) is 3.09. The summed E-state index contributed by atoms with van der Waals surface area (Å²) in [4.78, 5) is 17.9. The first-order valence-electron chi connectivity index (χ1n) is 8.20. The van der Waals surface area contributed by atoms with Crippen molar-refractivity contribution in [3.8, 4) is 5.75 Å². The van der Waals surface area contributed by atoms with Gasteiger partial charge in [-0.15, -0.1) is 11.3 Å². The van der Waals surface area contributed by atoms with E-state index in [0.717, 1.165) is 34.1 Å². The monoisotopic (exact) mass is 341 g/mol. The number of nitrogens with zero attached hydrogens (tertiary/aromatic N) is 2. The van der Waals surface area contributed by atoms with E-state index in [4.69, 9.17) is 9.72 Å². The predicted molar refractivity (Wildman–Crippen MR) is 93.6 cm³/mol. The molecule has 1 aromatic carbocycles. The molecule has 24 heavy (non-hydrogen) atoms. The van der Waals surface area contributed by atoms with Crippen LogP contribution in [0, 0.1) is 0 Å². The molecule has 1 atom stereocenters. The molecule has 0 saturated heterocycles. The van der Waals surface area contributed by atoms with Gasteiger partial charge in [0.05, 0.1) is 24.5 Å². The predicted octanol–water partition coefficient (Wildman–Crippen LogP) is 3.34. The highest BCUT2D eigenvalue weighted by atomic mass is 32.1. The van der Waals surface area contributed by atoms with Gasteiger partial charge in [0.2, 0.25) is 5.91 Å². The first-order valence-corrected chi connectivity index (χ1v) is 9.08. The second-order valence-corrected chi connectivity index (χ2v) is 6.79. The molecule has 0 saturated carbocycles. The van der Waals surface area contributed by atoms with Gasteiger partial charge in [0.25, 0.3) is 0 Å². The van der Waals surface area contributed by atoms with Gasteiger partial charge in [-0.2, -0.15) is 0 Å². The van der Waals surface area contributed by atoms with Crippen LogP contribution >= 0.6 is 11.3 Å². The summed E-state index contributed by atoms with van der Waals surface area (Å²) in [6, 6.07) is 8.02. The molecule has 1 aliphatic heterocycles. The Morgan fingerprint density at radius 1 is 1.42 bits per heavy atom. The van der Waals surface area contributed by atoms with Crippen molar-refractivity contribution in [3.63, 3.8) is 0 Å². The number of benzene rings is 1. The fraction of sp³-hybridized carbons (Fsp3) is 0.333. The molecule has 3 heterocycles. The number of ether oxygens (including phenoxy) is 1. The van der Waals surface area contributed by atoms with Gasteiger partial charge in [-0.25, -0.2) is 4.98 Å². The summed E-state index contributed by atoms with van der Waals surface area (Å²) in [6.45, 7) is 3.24. The zero-order valence-electron chi connectivity index (χ0n) is 13.5. The summed E-state index contributed by atoms with van der Waals surface area (Å²) in [5, 5.41) is 4.99. The molecule has 2 aromatic heterocycles. The average Bonchev–Trinajstić information content (AvgIpc) is 3.13. The lowest BCUT2D eigenvalue weighted by molar-refractivity contribution is -0.121. The second-order valence-electron chi connectivity index (χ2n) is 5.92. The van der Waals surface area contributed by atoms with Crippen molar-refractivity contribution in [2.75, 3.05) is 6.61 Å². The van der Waals surface area contributed by atoms with E-state index >= 15 is 0 Å². The van der Waals surface area contributed by atoms with Crippen LogP contribution in [-0.4, -0.2) is 21.9 Å². The topological polar surface area (TPSA) is 55.6 Å². The summed E-state index contributed by atoms with van der Waals surface area (Å²) < 4.78 is 8.05. The molecule has 0 radical (unpaired) electrons. The number of amides is 1. The molecular formula is C18H19N3O2S. The van der Waals surface area contributed by atoms with Crippen LogP contribution in [0.1, 0.15) is 42.6 Å². The first-order chi connectivity index (χ1) is 11.8. The molecule has 6 heteroatoms. The number of nitrogens with one attached hydrogen (secondary N) is 1. The highest BCUT2D eigenvalue weighted by Gasteiger charge is 2.30. The van der Waals surface area contributed by atoms with Crippen molar-refractivity contribution in [2.24, 2.45) is 0 Å². The number of carbonyl (C=O) groups excluding carboxylic acids is 1. The number of para-hydroxylation sites is 1. The molecule has 4 rings (SSSR count). The van der Waals surface area contributed by atoms with Crippen LogP contribution in [0.5, 0.6) is 5.75 Å². The summed E-state index contributed by atoms with van der Waals surface area (Å²) in [6.07, 6.45) is 3.39. The molecule has 0 spiro atoms. The van der Waals surface area contributed by atoms with E-state index < -0.39 is 0 Å². The third kappa shape index (κ3) is 2.57. The Kier molecular flexibility index (Phi) is 3.98. The van der Waals surface area contributed by atoms with Gasteiger partial charge < -0.3 is 10.1 Å². The number of imidazole rings is 1. The van der Waals surface area contributed by atoms with E-state index in [-0.39, 0.29) is 11.8 Å². The minimum absolute atomic E-state index is 0.0484. The van der Waals surface area contributed by atoms with Crippen LogP contribution < -0.4 is 10.1 Å². The van der Waals surface area contributed by atoms with E-state index in [0.29, 0.717) is 19.6 Å². The van der Waals surface area contributed by atoms with Crippen LogP contribution in [0.15, 0.2) is 35.8 Å². The quantitative estimate of drug-likeness (QED) is 0.792. The Bertz CT molecular complexity index is 883. The molecule has 124 valence electrons. The molecular weight excluding hydrogens is 322 g/mol. The molecule has 1 aliphatic rings. The lowest BCUT2D eigenvalue weighted by Gasteiger charge is -2.19. The van der Waals surface area contributed by atoms with Gasteiger partial charge in [0.1, 0.15) is 5.75 Å². The minimum Gasteiger partial charge on any atom is -0.493 e. The largest absolute Gasteiger partial charge is 0.493 e. The number of aromatic nitrogens is 2. The van der Waals surface area contributed by atoms with Gasteiger partial charge in [0, 0.05) is 29.5 Å². The van der Waals surface area contributed by atoms with Gasteiger partial charge in [-0.1, -0.05) is 25.1 Å². The maximum atomic E-state index is 12.2. The standard InChI is InChI=1S/C18H19N3O2S/c1-2-8-23-15-6-4-3-5-12(15)13-10-16(22)19-11-14-17(13)21-7-9-24-18(21)20-14/h3-7,9,13H,2,8,10-11H2,1H3,(H,19,22)/t13-/m0/s1.